The predicted molar refractivity (Wildman–Crippen MR) is 77.2 cm³/mol. The number of aliphatic hydroxyl groups is 1. The Bertz CT molecular complexity index is 481. The number of rotatable bonds is 7. The highest BCUT2D eigenvalue weighted by Crippen LogP contribution is 2.12. The van der Waals surface area contributed by atoms with Gasteiger partial charge in [0.05, 0.1) is 25.0 Å². The van der Waals surface area contributed by atoms with E-state index in [0.29, 0.717) is 12.6 Å². The van der Waals surface area contributed by atoms with Crippen molar-refractivity contribution in [2.75, 3.05) is 11.9 Å². The van der Waals surface area contributed by atoms with E-state index >= 15 is 0 Å². The molecule has 0 aliphatic rings. The van der Waals surface area contributed by atoms with E-state index in [9.17, 15) is 0 Å². The highest BCUT2D eigenvalue weighted by Gasteiger charge is 2.08. The van der Waals surface area contributed by atoms with Gasteiger partial charge in [0.15, 0.2) is 0 Å². The maximum absolute atomic E-state index is 8.87. The van der Waals surface area contributed by atoms with Crippen LogP contribution in [0.4, 0.5) is 5.69 Å². The summed E-state index contributed by atoms with van der Waals surface area (Å²) in [5.74, 6) is 0. The zero-order valence-electron chi connectivity index (χ0n) is 11.3. The fourth-order valence-corrected chi connectivity index (χ4v) is 2.09. The Hall–Kier alpha value is -1.81. The van der Waals surface area contributed by atoms with Crippen LogP contribution in [0.1, 0.15) is 18.9 Å². The maximum atomic E-state index is 8.87. The average molecular weight is 259 g/mol. The first-order valence-corrected chi connectivity index (χ1v) is 6.75. The van der Waals surface area contributed by atoms with E-state index in [1.54, 1.807) is 4.68 Å². The summed E-state index contributed by atoms with van der Waals surface area (Å²) in [5.41, 5.74) is 2.35. The molecule has 4 nitrogen and oxygen atoms in total. The molecule has 1 atom stereocenters. The first-order chi connectivity index (χ1) is 9.31. The fraction of sp³-hybridized carbons (Fsp3) is 0.400. The van der Waals surface area contributed by atoms with Gasteiger partial charge in [-0.05, 0) is 18.4 Å². The van der Waals surface area contributed by atoms with Gasteiger partial charge in [0.2, 0.25) is 0 Å². The minimum Gasteiger partial charge on any atom is -0.394 e. The highest BCUT2D eigenvalue weighted by atomic mass is 16.3. The molecule has 2 rings (SSSR count). The second-order valence-corrected chi connectivity index (χ2v) is 4.65. The van der Waals surface area contributed by atoms with Crippen LogP contribution in [0.15, 0.2) is 42.7 Å². The van der Waals surface area contributed by atoms with E-state index in [1.165, 1.54) is 5.56 Å². The molecular weight excluding hydrogens is 238 g/mol. The van der Waals surface area contributed by atoms with Crippen LogP contribution in [0.2, 0.25) is 0 Å². The first-order valence-electron chi connectivity index (χ1n) is 6.75. The van der Waals surface area contributed by atoms with E-state index < -0.39 is 0 Å². The number of hydrogen-bond donors (Lipinski definition) is 2. The van der Waals surface area contributed by atoms with Crippen molar-refractivity contribution < 1.29 is 5.11 Å². The number of hydrogen-bond acceptors (Lipinski definition) is 3. The van der Waals surface area contributed by atoms with Gasteiger partial charge in [-0.25, -0.2) is 0 Å². The summed E-state index contributed by atoms with van der Waals surface area (Å²) in [4.78, 5) is 0. The molecule has 0 saturated carbocycles. The number of aliphatic hydroxyl groups excluding tert-OH is 1. The highest BCUT2D eigenvalue weighted by molar-refractivity contribution is 5.39. The van der Waals surface area contributed by atoms with Gasteiger partial charge in [0, 0.05) is 12.2 Å². The Labute approximate surface area is 114 Å². The standard InChI is InChI=1S/C15H21N3O/c1-2-14(10-13-6-4-3-5-7-13)17-15-11-16-18(12-15)8-9-19/h3-7,11-12,14,17,19H,2,8-10H2,1H3. The zero-order valence-corrected chi connectivity index (χ0v) is 11.3. The molecule has 0 amide bonds. The van der Waals surface area contributed by atoms with Gasteiger partial charge in [-0.1, -0.05) is 37.3 Å². The molecule has 0 aliphatic carbocycles. The minimum atomic E-state index is 0.113. The molecule has 0 spiro atoms. The number of aromatic nitrogens is 2. The molecular formula is C15H21N3O. The van der Waals surface area contributed by atoms with Crippen LogP contribution in [0, 0.1) is 0 Å². The molecule has 1 unspecified atom stereocenters. The molecule has 19 heavy (non-hydrogen) atoms. The Morgan fingerprint density at radius 3 is 2.79 bits per heavy atom. The molecule has 2 aromatic rings. The van der Waals surface area contributed by atoms with Crippen LogP contribution in [-0.4, -0.2) is 27.5 Å². The molecule has 0 saturated heterocycles. The second kappa shape index (κ2) is 6.95. The third-order valence-corrected chi connectivity index (χ3v) is 3.15. The maximum Gasteiger partial charge on any atom is 0.0728 e. The van der Waals surface area contributed by atoms with Gasteiger partial charge in [-0.15, -0.1) is 0 Å². The van der Waals surface area contributed by atoms with Crippen molar-refractivity contribution in [2.24, 2.45) is 0 Å². The lowest BCUT2D eigenvalue weighted by atomic mass is 10.0. The molecule has 0 bridgehead atoms. The number of nitrogens with one attached hydrogen (secondary N) is 1. The van der Waals surface area contributed by atoms with Crippen molar-refractivity contribution in [3.63, 3.8) is 0 Å². The lowest BCUT2D eigenvalue weighted by molar-refractivity contribution is 0.269. The molecule has 4 heteroatoms. The summed E-state index contributed by atoms with van der Waals surface area (Å²) in [6, 6.07) is 10.9. The van der Waals surface area contributed by atoms with Crippen molar-refractivity contribution in [3.05, 3.63) is 48.3 Å². The van der Waals surface area contributed by atoms with Crippen LogP contribution < -0.4 is 5.32 Å². The first kappa shape index (κ1) is 13.6. The van der Waals surface area contributed by atoms with E-state index in [2.05, 4.69) is 41.6 Å². The fourth-order valence-electron chi connectivity index (χ4n) is 2.09. The van der Waals surface area contributed by atoms with Gasteiger partial charge in [0.25, 0.3) is 0 Å². The van der Waals surface area contributed by atoms with E-state index in [4.69, 9.17) is 5.11 Å². The molecule has 1 aromatic carbocycles. The topological polar surface area (TPSA) is 50.1 Å². The SMILES string of the molecule is CCC(Cc1ccccc1)Nc1cnn(CCO)c1. The number of anilines is 1. The molecule has 102 valence electrons. The van der Waals surface area contributed by atoms with Crippen LogP contribution >= 0.6 is 0 Å². The van der Waals surface area contributed by atoms with Crippen LogP contribution in [0.25, 0.3) is 0 Å². The van der Waals surface area contributed by atoms with Crippen LogP contribution in [0.5, 0.6) is 0 Å². The van der Waals surface area contributed by atoms with E-state index in [-0.39, 0.29) is 6.61 Å². The summed E-state index contributed by atoms with van der Waals surface area (Å²) in [6.45, 7) is 2.83. The third kappa shape index (κ3) is 4.10. The largest absolute Gasteiger partial charge is 0.394 e. The number of benzene rings is 1. The Kier molecular flexibility index (Phi) is 4.98. The quantitative estimate of drug-likeness (QED) is 0.802. The predicted octanol–water partition coefficient (Wildman–Crippen LogP) is 2.31. The molecule has 1 aromatic heterocycles. The van der Waals surface area contributed by atoms with Gasteiger partial charge < -0.3 is 10.4 Å². The molecule has 1 heterocycles. The lowest BCUT2D eigenvalue weighted by Gasteiger charge is -2.17. The third-order valence-electron chi connectivity index (χ3n) is 3.15. The summed E-state index contributed by atoms with van der Waals surface area (Å²) in [6.07, 6.45) is 5.80. The van der Waals surface area contributed by atoms with Gasteiger partial charge in [0.1, 0.15) is 0 Å². The van der Waals surface area contributed by atoms with Gasteiger partial charge in [-0.3, -0.25) is 4.68 Å². The monoisotopic (exact) mass is 259 g/mol. The molecule has 2 N–H and O–H groups in total. The van der Waals surface area contributed by atoms with Crippen molar-refractivity contribution in [1.82, 2.24) is 9.78 Å². The normalized spacial score (nSPS) is 12.3. The van der Waals surface area contributed by atoms with Gasteiger partial charge >= 0.3 is 0 Å². The summed E-state index contributed by atoms with van der Waals surface area (Å²) in [7, 11) is 0. The Morgan fingerprint density at radius 2 is 2.11 bits per heavy atom. The summed E-state index contributed by atoms with van der Waals surface area (Å²) < 4.78 is 1.75. The van der Waals surface area contributed by atoms with Crippen molar-refractivity contribution in [1.29, 1.82) is 0 Å². The summed E-state index contributed by atoms with van der Waals surface area (Å²) in [5, 5.41) is 16.6. The van der Waals surface area contributed by atoms with Crippen molar-refractivity contribution >= 4 is 5.69 Å². The Morgan fingerprint density at radius 1 is 1.32 bits per heavy atom. The van der Waals surface area contributed by atoms with Crippen molar-refractivity contribution in [3.8, 4) is 0 Å². The second-order valence-electron chi connectivity index (χ2n) is 4.65. The van der Waals surface area contributed by atoms with Crippen molar-refractivity contribution in [2.45, 2.75) is 32.4 Å². The molecule has 0 aliphatic heterocycles. The summed E-state index contributed by atoms with van der Waals surface area (Å²) >= 11 is 0. The zero-order chi connectivity index (χ0) is 13.5. The minimum absolute atomic E-state index is 0.113. The molecule has 0 radical (unpaired) electrons. The van der Waals surface area contributed by atoms with E-state index in [0.717, 1.165) is 18.5 Å². The van der Waals surface area contributed by atoms with Crippen LogP contribution in [0.3, 0.4) is 0 Å². The lowest BCUT2D eigenvalue weighted by Crippen LogP contribution is -2.20. The Balaban J connectivity index is 1.94. The van der Waals surface area contributed by atoms with Crippen LogP contribution in [-0.2, 0) is 13.0 Å². The smallest absolute Gasteiger partial charge is 0.0728 e. The van der Waals surface area contributed by atoms with E-state index in [1.807, 2.05) is 18.5 Å². The average Bonchev–Trinajstić information content (AvgIpc) is 2.87. The number of nitrogens with zero attached hydrogens (tertiary/aromatic N) is 2. The molecule has 0 fully saturated rings. The van der Waals surface area contributed by atoms with Gasteiger partial charge in [-0.2, -0.15) is 5.10 Å².